The predicted octanol–water partition coefficient (Wildman–Crippen LogP) is -0.409. The molecule has 4 N–H and O–H groups in total. The average molecular weight is 288 g/mol. The monoisotopic (exact) mass is 287 g/mol. The summed E-state index contributed by atoms with van der Waals surface area (Å²) in [4.78, 5) is 11.3. The number of carbonyl (C=O) groups excluding carboxylic acids is 1. The fraction of sp³-hybridized carbons (Fsp3) is 0.889. The lowest BCUT2D eigenvalue weighted by Gasteiger charge is -2.10. The molecule has 0 radical (unpaired) electrons. The molecule has 0 aromatic rings. The second-order valence-corrected chi connectivity index (χ2v) is 5.54. The van der Waals surface area contributed by atoms with Gasteiger partial charge in [-0.3, -0.25) is 4.79 Å². The molecule has 17 heavy (non-hydrogen) atoms. The average Bonchev–Trinajstić information content (AvgIpc) is 2.15. The topological polar surface area (TPSA) is 101 Å². The standard InChI is InChI=1S/C9H21N3O3S.ClH/c1-3-5-8(10)9(13)11-6-4-7-12-16(2,14)15;/h8,12H,3-7,10H2,1-2H3,(H,11,13);1H. The van der Waals surface area contributed by atoms with Crippen molar-refractivity contribution in [1.29, 1.82) is 0 Å². The highest BCUT2D eigenvalue weighted by atomic mass is 35.5. The number of sulfonamides is 1. The zero-order valence-corrected chi connectivity index (χ0v) is 11.9. The number of halogens is 1. The van der Waals surface area contributed by atoms with Crippen LogP contribution in [-0.2, 0) is 14.8 Å². The summed E-state index contributed by atoms with van der Waals surface area (Å²) in [6.45, 7) is 2.71. The SMILES string of the molecule is CCCC(N)C(=O)NCCCNS(C)(=O)=O.Cl. The van der Waals surface area contributed by atoms with Gasteiger partial charge in [0.25, 0.3) is 0 Å². The van der Waals surface area contributed by atoms with Crippen molar-refractivity contribution in [3.8, 4) is 0 Å². The van der Waals surface area contributed by atoms with Gasteiger partial charge in [0.2, 0.25) is 15.9 Å². The molecule has 0 fully saturated rings. The van der Waals surface area contributed by atoms with Crippen LogP contribution < -0.4 is 15.8 Å². The predicted molar refractivity (Wildman–Crippen MR) is 70.6 cm³/mol. The maximum absolute atomic E-state index is 11.3. The maximum Gasteiger partial charge on any atom is 0.236 e. The van der Waals surface area contributed by atoms with Crippen LogP contribution in [0.15, 0.2) is 0 Å². The summed E-state index contributed by atoms with van der Waals surface area (Å²) in [6, 6.07) is -0.465. The van der Waals surface area contributed by atoms with Gasteiger partial charge in [0.1, 0.15) is 0 Å². The first kappa shape index (κ1) is 19.0. The molecule has 0 heterocycles. The van der Waals surface area contributed by atoms with Crippen molar-refractivity contribution in [1.82, 2.24) is 10.0 Å². The Morgan fingerprint density at radius 3 is 2.41 bits per heavy atom. The number of carbonyl (C=O) groups is 1. The Morgan fingerprint density at radius 1 is 1.35 bits per heavy atom. The van der Waals surface area contributed by atoms with E-state index in [1.165, 1.54) is 0 Å². The number of hydrogen-bond acceptors (Lipinski definition) is 4. The van der Waals surface area contributed by atoms with E-state index in [2.05, 4.69) is 10.0 Å². The van der Waals surface area contributed by atoms with E-state index in [-0.39, 0.29) is 18.3 Å². The Labute approximate surface area is 109 Å². The van der Waals surface area contributed by atoms with Crippen LogP contribution in [0.3, 0.4) is 0 Å². The Bertz CT molecular complexity index is 309. The van der Waals surface area contributed by atoms with Crippen LogP contribution in [-0.4, -0.2) is 39.7 Å². The molecule has 8 heteroatoms. The molecule has 0 aromatic heterocycles. The highest BCUT2D eigenvalue weighted by Crippen LogP contribution is 1.92. The zero-order chi connectivity index (χ0) is 12.6. The van der Waals surface area contributed by atoms with Crippen LogP contribution >= 0.6 is 12.4 Å². The Balaban J connectivity index is 0. The summed E-state index contributed by atoms with van der Waals surface area (Å²) in [7, 11) is -3.14. The van der Waals surface area contributed by atoms with Crippen LogP contribution in [0.2, 0.25) is 0 Å². The molecule has 104 valence electrons. The van der Waals surface area contributed by atoms with E-state index < -0.39 is 16.1 Å². The minimum Gasteiger partial charge on any atom is -0.355 e. The van der Waals surface area contributed by atoms with Gasteiger partial charge in [-0.15, -0.1) is 12.4 Å². The zero-order valence-electron chi connectivity index (χ0n) is 10.2. The number of nitrogens with one attached hydrogen (secondary N) is 2. The minimum atomic E-state index is -3.14. The fourth-order valence-electron chi connectivity index (χ4n) is 1.13. The van der Waals surface area contributed by atoms with E-state index in [9.17, 15) is 13.2 Å². The molecule has 0 spiro atoms. The van der Waals surface area contributed by atoms with E-state index in [1.54, 1.807) is 0 Å². The van der Waals surface area contributed by atoms with Gasteiger partial charge in [-0.1, -0.05) is 13.3 Å². The molecule has 0 saturated carbocycles. The van der Waals surface area contributed by atoms with Crippen LogP contribution in [0.25, 0.3) is 0 Å². The third-order valence-corrected chi connectivity index (χ3v) is 2.68. The van der Waals surface area contributed by atoms with Crippen LogP contribution in [0, 0.1) is 0 Å². The molecule has 0 aliphatic rings. The first-order chi connectivity index (χ1) is 7.37. The Morgan fingerprint density at radius 2 is 1.94 bits per heavy atom. The van der Waals surface area contributed by atoms with Gasteiger partial charge >= 0.3 is 0 Å². The molecule has 1 unspecified atom stereocenters. The summed E-state index contributed by atoms with van der Waals surface area (Å²) in [5.41, 5.74) is 5.59. The molecular formula is C9H22ClN3O3S. The van der Waals surface area contributed by atoms with Gasteiger partial charge in [0.05, 0.1) is 12.3 Å². The van der Waals surface area contributed by atoms with Crippen molar-refractivity contribution in [3.63, 3.8) is 0 Å². The molecule has 6 nitrogen and oxygen atoms in total. The van der Waals surface area contributed by atoms with Crippen molar-refractivity contribution >= 4 is 28.3 Å². The Kier molecular flexibility index (Phi) is 10.8. The van der Waals surface area contributed by atoms with E-state index >= 15 is 0 Å². The first-order valence-electron chi connectivity index (χ1n) is 5.34. The number of nitrogens with two attached hydrogens (primary N) is 1. The number of amides is 1. The van der Waals surface area contributed by atoms with Crippen molar-refractivity contribution < 1.29 is 13.2 Å². The Hall–Kier alpha value is -0.370. The van der Waals surface area contributed by atoms with Gasteiger partial charge in [-0.25, -0.2) is 13.1 Å². The summed E-state index contributed by atoms with van der Waals surface area (Å²) in [5, 5.41) is 2.65. The quantitative estimate of drug-likeness (QED) is 0.528. The molecule has 0 aromatic carbocycles. The maximum atomic E-state index is 11.3. The minimum absolute atomic E-state index is 0. The van der Waals surface area contributed by atoms with Crippen molar-refractivity contribution in [3.05, 3.63) is 0 Å². The van der Waals surface area contributed by atoms with E-state index in [0.717, 1.165) is 12.7 Å². The van der Waals surface area contributed by atoms with Gasteiger partial charge in [-0.05, 0) is 12.8 Å². The largest absolute Gasteiger partial charge is 0.355 e. The summed E-state index contributed by atoms with van der Waals surface area (Å²) in [6.07, 6.45) is 3.18. The molecule has 0 rings (SSSR count). The van der Waals surface area contributed by atoms with E-state index in [4.69, 9.17) is 5.73 Å². The van der Waals surface area contributed by atoms with Crippen LogP contribution in [0.5, 0.6) is 0 Å². The fourth-order valence-corrected chi connectivity index (χ4v) is 1.65. The van der Waals surface area contributed by atoms with Crippen molar-refractivity contribution in [2.45, 2.75) is 32.2 Å². The van der Waals surface area contributed by atoms with Gasteiger partial charge in [0.15, 0.2) is 0 Å². The summed E-state index contributed by atoms with van der Waals surface area (Å²) >= 11 is 0. The van der Waals surface area contributed by atoms with Crippen molar-refractivity contribution in [2.75, 3.05) is 19.3 Å². The molecule has 0 bridgehead atoms. The third-order valence-electron chi connectivity index (χ3n) is 1.95. The molecule has 0 saturated heterocycles. The van der Waals surface area contributed by atoms with Crippen LogP contribution in [0.4, 0.5) is 0 Å². The number of rotatable bonds is 8. The molecule has 1 atom stereocenters. The highest BCUT2D eigenvalue weighted by molar-refractivity contribution is 7.88. The highest BCUT2D eigenvalue weighted by Gasteiger charge is 2.10. The van der Waals surface area contributed by atoms with E-state index in [0.29, 0.717) is 25.9 Å². The van der Waals surface area contributed by atoms with Gasteiger partial charge < -0.3 is 11.1 Å². The lowest BCUT2D eigenvalue weighted by Crippen LogP contribution is -2.41. The third kappa shape index (κ3) is 11.9. The van der Waals surface area contributed by atoms with Crippen molar-refractivity contribution in [2.24, 2.45) is 5.73 Å². The normalized spacial score (nSPS) is 12.6. The number of hydrogen-bond donors (Lipinski definition) is 3. The van der Waals surface area contributed by atoms with E-state index in [1.807, 2.05) is 6.92 Å². The molecule has 0 aliphatic heterocycles. The summed E-state index contributed by atoms with van der Waals surface area (Å²) < 4.78 is 23.7. The molecular weight excluding hydrogens is 266 g/mol. The van der Waals surface area contributed by atoms with Crippen LogP contribution in [0.1, 0.15) is 26.2 Å². The summed E-state index contributed by atoms with van der Waals surface area (Å²) in [5.74, 6) is -0.179. The molecule has 1 amide bonds. The lowest BCUT2D eigenvalue weighted by molar-refractivity contribution is -0.122. The van der Waals surface area contributed by atoms with Gasteiger partial charge in [-0.2, -0.15) is 0 Å². The first-order valence-corrected chi connectivity index (χ1v) is 7.24. The second kappa shape index (κ2) is 9.64. The second-order valence-electron chi connectivity index (χ2n) is 3.71. The lowest BCUT2D eigenvalue weighted by atomic mass is 10.2. The van der Waals surface area contributed by atoms with Gasteiger partial charge in [0, 0.05) is 13.1 Å². The smallest absolute Gasteiger partial charge is 0.236 e. The molecule has 0 aliphatic carbocycles.